The lowest BCUT2D eigenvalue weighted by atomic mass is 9.97. The third-order valence-electron chi connectivity index (χ3n) is 6.33. The fraction of sp³-hybridized carbons (Fsp3) is 0.407. The van der Waals surface area contributed by atoms with Gasteiger partial charge in [0.05, 0.1) is 23.6 Å². The smallest absolute Gasteiger partial charge is 0.401 e. The molecule has 1 unspecified atom stereocenters. The van der Waals surface area contributed by atoms with Crippen LogP contribution in [0.15, 0.2) is 36.4 Å². The number of rotatable bonds is 8. The average Bonchev–Trinajstić information content (AvgIpc) is 3.20. The fourth-order valence-corrected chi connectivity index (χ4v) is 4.74. The first-order valence-electron chi connectivity index (χ1n) is 12.0. The standard InChI is InChI=1S/C27H27F5N4O2/c1-4-21(24-19(15-37)6-5-7-23(24)38-25(28)29)36-22-12-17(10-11-20(22)33-26(36)34(2)3)8-9-18-13-35(14-18)16-27(30,31)32/h5-7,10-12,15,18,21,25H,4,13-14,16H2,1-3H3. The molecule has 1 fully saturated rings. The predicted octanol–water partition coefficient (Wildman–Crippen LogP) is 5.36. The Bertz CT molecular complexity index is 1370. The highest BCUT2D eigenvalue weighted by atomic mass is 19.4. The molecule has 0 saturated carbocycles. The minimum Gasteiger partial charge on any atom is -0.434 e. The summed E-state index contributed by atoms with van der Waals surface area (Å²) < 4.78 is 70.8. The fourth-order valence-electron chi connectivity index (χ4n) is 4.74. The molecule has 3 aromatic rings. The Labute approximate surface area is 217 Å². The van der Waals surface area contributed by atoms with Gasteiger partial charge in [-0.15, -0.1) is 0 Å². The number of aromatic nitrogens is 2. The van der Waals surface area contributed by atoms with Gasteiger partial charge in [-0.3, -0.25) is 9.69 Å². The van der Waals surface area contributed by atoms with E-state index in [0.29, 0.717) is 40.8 Å². The molecule has 6 nitrogen and oxygen atoms in total. The highest BCUT2D eigenvalue weighted by molar-refractivity contribution is 5.83. The molecular weight excluding hydrogens is 507 g/mol. The van der Waals surface area contributed by atoms with Gasteiger partial charge in [-0.25, -0.2) is 4.98 Å². The summed E-state index contributed by atoms with van der Waals surface area (Å²) in [7, 11) is 3.60. The number of aldehydes is 1. The molecular formula is C27H27F5N4O2. The number of anilines is 1. The molecule has 1 aliphatic heterocycles. The summed E-state index contributed by atoms with van der Waals surface area (Å²) in [5.74, 6) is 6.39. The molecule has 11 heteroatoms. The van der Waals surface area contributed by atoms with Crippen molar-refractivity contribution in [2.75, 3.05) is 38.6 Å². The zero-order chi connectivity index (χ0) is 27.6. The second-order valence-corrected chi connectivity index (χ2v) is 9.33. The van der Waals surface area contributed by atoms with Crippen molar-refractivity contribution in [2.24, 2.45) is 5.92 Å². The summed E-state index contributed by atoms with van der Waals surface area (Å²) in [6, 6.07) is 9.25. The van der Waals surface area contributed by atoms with Crippen LogP contribution in [0, 0.1) is 17.8 Å². The van der Waals surface area contributed by atoms with Crippen LogP contribution in [-0.2, 0) is 0 Å². The molecule has 0 radical (unpaired) electrons. The van der Waals surface area contributed by atoms with Gasteiger partial charge in [0, 0.05) is 49.8 Å². The Morgan fingerprint density at radius 3 is 2.55 bits per heavy atom. The van der Waals surface area contributed by atoms with Crippen LogP contribution in [0.5, 0.6) is 5.75 Å². The molecule has 0 N–H and O–H groups in total. The summed E-state index contributed by atoms with van der Waals surface area (Å²) in [4.78, 5) is 19.7. The minimum atomic E-state index is -4.23. The van der Waals surface area contributed by atoms with Crippen molar-refractivity contribution in [2.45, 2.75) is 32.2 Å². The highest BCUT2D eigenvalue weighted by Crippen LogP contribution is 2.38. The van der Waals surface area contributed by atoms with Gasteiger partial charge < -0.3 is 14.2 Å². The number of hydrogen-bond donors (Lipinski definition) is 0. The zero-order valence-electron chi connectivity index (χ0n) is 21.1. The summed E-state index contributed by atoms with van der Waals surface area (Å²) in [5.41, 5.74) is 2.50. The van der Waals surface area contributed by atoms with Crippen molar-refractivity contribution in [1.82, 2.24) is 14.5 Å². The molecule has 1 aromatic heterocycles. The Morgan fingerprint density at radius 2 is 1.95 bits per heavy atom. The van der Waals surface area contributed by atoms with Crippen LogP contribution in [0.4, 0.5) is 27.9 Å². The second kappa shape index (κ2) is 11.0. The highest BCUT2D eigenvalue weighted by Gasteiger charge is 2.36. The molecule has 0 bridgehead atoms. The number of carbonyl (C=O) groups is 1. The van der Waals surface area contributed by atoms with E-state index in [1.165, 1.54) is 17.0 Å². The lowest BCUT2D eigenvalue weighted by Gasteiger charge is -2.36. The number of nitrogens with zero attached hydrogens (tertiary/aromatic N) is 4. The molecule has 2 aromatic carbocycles. The lowest BCUT2D eigenvalue weighted by Crippen LogP contribution is -2.49. The molecule has 1 atom stereocenters. The molecule has 1 aliphatic rings. The number of alkyl halides is 5. The van der Waals surface area contributed by atoms with Gasteiger partial charge >= 0.3 is 12.8 Å². The largest absolute Gasteiger partial charge is 0.434 e. The summed E-state index contributed by atoms with van der Waals surface area (Å²) in [6.07, 6.45) is -3.18. The first kappa shape index (κ1) is 27.4. The van der Waals surface area contributed by atoms with Gasteiger partial charge in [-0.2, -0.15) is 22.0 Å². The number of likely N-dealkylation sites (tertiary alicyclic amines) is 1. The molecule has 2 heterocycles. The maximum absolute atomic E-state index is 13.2. The van der Waals surface area contributed by atoms with Crippen LogP contribution in [0.3, 0.4) is 0 Å². The van der Waals surface area contributed by atoms with E-state index in [1.54, 1.807) is 37.2 Å². The van der Waals surface area contributed by atoms with Crippen molar-refractivity contribution >= 4 is 23.3 Å². The normalized spacial score (nSPS) is 15.2. The number of carbonyl (C=O) groups excluding carboxylic acids is 1. The number of fused-ring (bicyclic) bond motifs is 1. The zero-order valence-corrected chi connectivity index (χ0v) is 21.1. The maximum atomic E-state index is 13.2. The van der Waals surface area contributed by atoms with Crippen molar-refractivity contribution < 1.29 is 31.5 Å². The topological polar surface area (TPSA) is 50.6 Å². The minimum absolute atomic E-state index is 0.0904. The van der Waals surface area contributed by atoms with Gasteiger partial charge in [-0.1, -0.05) is 30.9 Å². The Morgan fingerprint density at radius 1 is 1.21 bits per heavy atom. The van der Waals surface area contributed by atoms with E-state index < -0.39 is 25.4 Å². The van der Waals surface area contributed by atoms with Crippen molar-refractivity contribution in [1.29, 1.82) is 0 Å². The van der Waals surface area contributed by atoms with Gasteiger partial charge in [0.2, 0.25) is 5.95 Å². The number of imidazole rings is 1. The van der Waals surface area contributed by atoms with E-state index >= 15 is 0 Å². The van der Waals surface area contributed by atoms with E-state index in [-0.39, 0.29) is 30.3 Å². The SMILES string of the molecule is CCC(c1c(C=O)cccc1OC(F)F)n1c(N(C)C)nc2ccc(C#CC3CN(CC(F)(F)F)C3)cc21. The van der Waals surface area contributed by atoms with Gasteiger partial charge in [0.25, 0.3) is 0 Å². The monoisotopic (exact) mass is 534 g/mol. The van der Waals surface area contributed by atoms with Gasteiger partial charge in [0.1, 0.15) is 5.75 Å². The van der Waals surface area contributed by atoms with E-state index in [4.69, 9.17) is 9.72 Å². The van der Waals surface area contributed by atoms with Crippen LogP contribution in [0.1, 0.15) is 40.9 Å². The summed E-state index contributed by atoms with van der Waals surface area (Å²) in [5, 5.41) is 0. The van der Waals surface area contributed by atoms with E-state index in [2.05, 4.69) is 11.8 Å². The van der Waals surface area contributed by atoms with Gasteiger partial charge in [-0.05, 0) is 30.7 Å². The lowest BCUT2D eigenvalue weighted by molar-refractivity contribution is -0.156. The Balaban J connectivity index is 1.75. The maximum Gasteiger partial charge on any atom is 0.401 e. The average molecular weight is 535 g/mol. The molecule has 0 amide bonds. The quantitative estimate of drug-likeness (QED) is 0.221. The van der Waals surface area contributed by atoms with Crippen molar-refractivity contribution in [3.05, 3.63) is 53.1 Å². The molecule has 0 spiro atoms. The number of halogens is 5. The molecule has 4 rings (SSSR count). The molecule has 38 heavy (non-hydrogen) atoms. The first-order chi connectivity index (χ1) is 18.0. The van der Waals surface area contributed by atoms with Crippen molar-refractivity contribution in [3.8, 4) is 17.6 Å². The second-order valence-electron chi connectivity index (χ2n) is 9.33. The summed E-state index contributed by atoms with van der Waals surface area (Å²) >= 11 is 0. The number of hydrogen-bond acceptors (Lipinski definition) is 5. The Kier molecular flexibility index (Phi) is 7.92. The van der Waals surface area contributed by atoms with Crippen molar-refractivity contribution in [3.63, 3.8) is 0 Å². The summed E-state index contributed by atoms with van der Waals surface area (Å²) in [6.45, 7) is -1.63. The van der Waals surface area contributed by atoms with Gasteiger partial charge in [0.15, 0.2) is 6.29 Å². The number of benzene rings is 2. The van der Waals surface area contributed by atoms with Crippen LogP contribution in [-0.4, -0.2) is 67.3 Å². The molecule has 1 saturated heterocycles. The van der Waals surface area contributed by atoms with E-state index in [1.807, 2.05) is 17.6 Å². The number of ether oxygens (including phenoxy) is 1. The Hall–Kier alpha value is -3.65. The van der Waals surface area contributed by atoms with Crippen LogP contribution in [0.25, 0.3) is 11.0 Å². The molecule has 0 aliphatic carbocycles. The van der Waals surface area contributed by atoms with Crippen LogP contribution < -0.4 is 9.64 Å². The molecule has 202 valence electrons. The van der Waals surface area contributed by atoms with E-state index in [9.17, 15) is 26.7 Å². The third kappa shape index (κ3) is 5.91. The van der Waals surface area contributed by atoms with Crippen LogP contribution >= 0.6 is 0 Å². The van der Waals surface area contributed by atoms with E-state index in [0.717, 1.165) is 0 Å². The van der Waals surface area contributed by atoms with Crippen LogP contribution in [0.2, 0.25) is 0 Å². The third-order valence-corrected chi connectivity index (χ3v) is 6.33. The first-order valence-corrected chi connectivity index (χ1v) is 12.0. The predicted molar refractivity (Wildman–Crippen MR) is 134 cm³/mol.